The van der Waals surface area contributed by atoms with Crippen molar-refractivity contribution in [1.29, 1.82) is 0 Å². The molecule has 0 aliphatic heterocycles. The molecule has 3 nitrogen and oxygen atoms in total. The summed E-state index contributed by atoms with van der Waals surface area (Å²) in [5.41, 5.74) is 0.507. The Morgan fingerprint density at radius 1 is 1.29 bits per heavy atom. The minimum absolute atomic E-state index is 0.0295. The van der Waals surface area contributed by atoms with Crippen LogP contribution in [0.4, 0.5) is 0 Å². The highest BCUT2D eigenvalue weighted by Gasteiger charge is 2.15. The van der Waals surface area contributed by atoms with E-state index in [9.17, 15) is 4.79 Å². The van der Waals surface area contributed by atoms with E-state index in [4.69, 9.17) is 0 Å². The average molecular weight is 193 g/mol. The van der Waals surface area contributed by atoms with Crippen molar-refractivity contribution in [1.82, 2.24) is 5.32 Å². The molecule has 1 aromatic heterocycles. The topological polar surface area (TPSA) is 33.0 Å². The molecule has 0 spiro atoms. The van der Waals surface area contributed by atoms with Gasteiger partial charge in [0.1, 0.15) is 7.05 Å². The molecule has 1 heterocycles. The molecular weight excluding hydrogens is 176 g/mol. The molecule has 14 heavy (non-hydrogen) atoms. The summed E-state index contributed by atoms with van der Waals surface area (Å²) < 4.78 is 1.90. The van der Waals surface area contributed by atoms with E-state index < -0.39 is 0 Å². The van der Waals surface area contributed by atoms with Gasteiger partial charge in [0.25, 0.3) is 5.91 Å². The van der Waals surface area contributed by atoms with Crippen LogP contribution < -0.4 is 9.88 Å². The van der Waals surface area contributed by atoms with Crippen LogP contribution in [0.5, 0.6) is 0 Å². The summed E-state index contributed by atoms with van der Waals surface area (Å²) in [6.07, 6.45) is 3.72. The van der Waals surface area contributed by atoms with Crippen LogP contribution in [0.25, 0.3) is 0 Å². The lowest BCUT2D eigenvalue weighted by atomic mass is 10.1. The normalized spacial score (nSPS) is 11.1. The van der Waals surface area contributed by atoms with Crippen molar-refractivity contribution in [2.45, 2.75) is 26.3 Å². The van der Waals surface area contributed by atoms with E-state index in [2.05, 4.69) is 5.32 Å². The fourth-order valence-electron chi connectivity index (χ4n) is 1.07. The van der Waals surface area contributed by atoms with E-state index in [1.807, 2.05) is 44.8 Å². The monoisotopic (exact) mass is 193 g/mol. The van der Waals surface area contributed by atoms with Gasteiger partial charge in [-0.2, -0.15) is 0 Å². The van der Waals surface area contributed by atoms with Crippen molar-refractivity contribution in [3.05, 3.63) is 30.1 Å². The second-order valence-corrected chi connectivity index (χ2v) is 4.46. The zero-order valence-corrected chi connectivity index (χ0v) is 9.16. The molecule has 1 N–H and O–H groups in total. The molecule has 0 aliphatic carbocycles. The van der Waals surface area contributed by atoms with Crippen molar-refractivity contribution in [2.75, 3.05) is 0 Å². The summed E-state index contributed by atoms with van der Waals surface area (Å²) in [6, 6.07) is 3.61. The number of aryl methyl sites for hydroxylation is 1. The molecule has 0 saturated heterocycles. The van der Waals surface area contributed by atoms with Gasteiger partial charge in [-0.15, -0.1) is 0 Å². The Labute approximate surface area is 84.8 Å². The number of hydrogen-bond donors (Lipinski definition) is 1. The van der Waals surface area contributed by atoms with Crippen molar-refractivity contribution in [3.8, 4) is 0 Å². The maximum Gasteiger partial charge on any atom is 0.252 e. The largest absolute Gasteiger partial charge is 0.347 e. The van der Waals surface area contributed by atoms with E-state index in [0.717, 1.165) is 0 Å². The summed E-state index contributed by atoms with van der Waals surface area (Å²) in [5.74, 6) is -0.0295. The van der Waals surface area contributed by atoms with Gasteiger partial charge in [-0.25, -0.2) is 4.57 Å². The molecule has 0 atom stereocenters. The highest BCUT2D eigenvalue weighted by atomic mass is 16.1. The van der Waals surface area contributed by atoms with Gasteiger partial charge >= 0.3 is 0 Å². The number of nitrogens with zero attached hydrogens (tertiary/aromatic N) is 1. The van der Waals surface area contributed by atoms with Gasteiger partial charge < -0.3 is 5.32 Å². The number of hydrogen-bond acceptors (Lipinski definition) is 1. The summed E-state index contributed by atoms with van der Waals surface area (Å²) in [4.78, 5) is 11.7. The summed E-state index contributed by atoms with van der Waals surface area (Å²) in [7, 11) is 1.92. The fourth-order valence-corrected chi connectivity index (χ4v) is 1.07. The van der Waals surface area contributed by atoms with Crippen LogP contribution in [-0.4, -0.2) is 11.4 Å². The summed E-state index contributed by atoms with van der Waals surface area (Å²) in [5, 5.41) is 2.91. The molecule has 0 bridgehead atoms. The number of carbonyl (C=O) groups is 1. The van der Waals surface area contributed by atoms with Crippen LogP contribution in [0.15, 0.2) is 24.5 Å². The van der Waals surface area contributed by atoms with Crippen LogP contribution in [0, 0.1) is 0 Å². The molecule has 0 fully saturated rings. The molecule has 1 amide bonds. The summed E-state index contributed by atoms with van der Waals surface area (Å²) in [6.45, 7) is 5.90. The Kier molecular flexibility index (Phi) is 2.89. The number of carbonyl (C=O) groups excluding carboxylic acids is 1. The molecule has 76 valence electrons. The Morgan fingerprint density at radius 2 is 1.79 bits per heavy atom. The standard InChI is InChI=1S/C11H16N2O/c1-11(2,3)12-10(14)9-5-7-13(4)8-6-9/h5-8H,1-4H3/p+1. The van der Waals surface area contributed by atoms with Crippen LogP contribution in [0.2, 0.25) is 0 Å². The van der Waals surface area contributed by atoms with Gasteiger partial charge in [0.05, 0.1) is 5.56 Å². The Morgan fingerprint density at radius 3 is 2.21 bits per heavy atom. The van der Waals surface area contributed by atoms with Gasteiger partial charge in [0.2, 0.25) is 0 Å². The van der Waals surface area contributed by atoms with Crippen molar-refractivity contribution in [2.24, 2.45) is 7.05 Å². The van der Waals surface area contributed by atoms with Crippen LogP contribution >= 0.6 is 0 Å². The fraction of sp³-hybridized carbons (Fsp3) is 0.455. The van der Waals surface area contributed by atoms with Gasteiger partial charge in [-0.05, 0) is 20.8 Å². The number of aromatic nitrogens is 1. The zero-order valence-electron chi connectivity index (χ0n) is 9.16. The Hall–Kier alpha value is -1.38. The second-order valence-electron chi connectivity index (χ2n) is 4.46. The molecule has 0 saturated carbocycles. The van der Waals surface area contributed by atoms with E-state index in [1.165, 1.54) is 0 Å². The third-order valence-corrected chi connectivity index (χ3v) is 1.73. The lowest BCUT2D eigenvalue weighted by molar-refractivity contribution is -0.671. The highest BCUT2D eigenvalue weighted by molar-refractivity contribution is 5.94. The van der Waals surface area contributed by atoms with Crippen LogP contribution in [0.1, 0.15) is 31.1 Å². The Balaban J connectivity index is 2.76. The number of nitrogens with one attached hydrogen (secondary N) is 1. The van der Waals surface area contributed by atoms with Gasteiger partial charge in [-0.3, -0.25) is 4.79 Å². The smallest absolute Gasteiger partial charge is 0.252 e. The van der Waals surface area contributed by atoms with Crippen LogP contribution in [0.3, 0.4) is 0 Å². The first kappa shape index (κ1) is 10.7. The predicted octanol–water partition coefficient (Wildman–Crippen LogP) is 1.04. The maximum absolute atomic E-state index is 11.7. The molecule has 0 aliphatic rings. The molecule has 1 rings (SSSR count). The summed E-state index contributed by atoms with van der Waals surface area (Å²) >= 11 is 0. The van der Waals surface area contributed by atoms with Crippen molar-refractivity contribution >= 4 is 5.91 Å². The average Bonchev–Trinajstić information content (AvgIpc) is 2.02. The lowest BCUT2D eigenvalue weighted by Gasteiger charge is -2.20. The lowest BCUT2D eigenvalue weighted by Crippen LogP contribution is -2.41. The number of amides is 1. The minimum Gasteiger partial charge on any atom is -0.347 e. The third kappa shape index (κ3) is 3.17. The first-order valence-corrected chi connectivity index (χ1v) is 4.66. The first-order chi connectivity index (χ1) is 6.38. The Bertz CT molecular complexity index is 322. The molecule has 3 heteroatoms. The zero-order chi connectivity index (χ0) is 10.8. The predicted molar refractivity (Wildman–Crippen MR) is 54.8 cm³/mol. The molecule has 0 radical (unpaired) electrons. The van der Waals surface area contributed by atoms with Gasteiger partial charge in [-0.1, -0.05) is 0 Å². The molecular formula is C11H17N2O+. The minimum atomic E-state index is -0.185. The van der Waals surface area contributed by atoms with Crippen molar-refractivity contribution < 1.29 is 9.36 Å². The SMILES string of the molecule is C[n+]1ccc(C(=O)NC(C)(C)C)cc1. The number of pyridine rings is 1. The first-order valence-electron chi connectivity index (χ1n) is 4.66. The van der Waals surface area contributed by atoms with Gasteiger partial charge in [0.15, 0.2) is 12.4 Å². The quantitative estimate of drug-likeness (QED) is 0.664. The molecule has 0 aromatic carbocycles. The van der Waals surface area contributed by atoms with E-state index in [1.54, 1.807) is 12.1 Å². The van der Waals surface area contributed by atoms with Gasteiger partial charge in [0, 0.05) is 17.7 Å². The van der Waals surface area contributed by atoms with E-state index >= 15 is 0 Å². The number of rotatable bonds is 1. The maximum atomic E-state index is 11.7. The molecule has 1 aromatic rings. The van der Waals surface area contributed by atoms with Crippen LogP contribution in [-0.2, 0) is 7.05 Å². The highest BCUT2D eigenvalue weighted by Crippen LogP contribution is 2.02. The van der Waals surface area contributed by atoms with E-state index in [0.29, 0.717) is 5.56 Å². The molecule has 0 unspecified atom stereocenters. The second kappa shape index (κ2) is 3.78. The third-order valence-electron chi connectivity index (χ3n) is 1.73. The van der Waals surface area contributed by atoms with Crippen molar-refractivity contribution in [3.63, 3.8) is 0 Å². The van der Waals surface area contributed by atoms with E-state index in [-0.39, 0.29) is 11.4 Å².